The minimum atomic E-state index is 0.145. The zero-order valence-corrected chi connectivity index (χ0v) is 13.5. The first kappa shape index (κ1) is 18.8. The Labute approximate surface area is 119 Å². The SMILES string of the molecule is CCCC(CNC(C)(C)C)OCCOCCCOC. The Kier molecular flexibility index (Phi) is 11.6. The second kappa shape index (κ2) is 11.6. The third-order valence-corrected chi connectivity index (χ3v) is 2.69. The predicted octanol–water partition coefficient (Wildman–Crippen LogP) is 2.61. The van der Waals surface area contributed by atoms with Gasteiger partial charge < -0.3 is 19.5 Å². The van der Waals surface area contributed by atoms with E-state index in [0.29, 0.717) is 13.2 Å². The van der Waals surface area contributed by atoms with Crippen LogP contribution in [0.2, 0.25) is 0 Å². The molecule has 0 radical (unpaired) electrons. The van der Waals surface area contributed by atoms with Crippen LogP contribution in [0.15, 0.2) is 0 Å². The Bertz CT molecular complexity index is 192. The normalized spacial score (nSPS) is 13.7. The predicted molar refractivity (Wildman–Crippen MR) is 79.7 cm³/mol. The average molecular weight is 275 g/mol. The summed E-state index contributed by atoms with van der Waals surface area (Å²) < 4.78 is 16.3. The minimum Gasteiger partial charge on any atom is -0.385 e. The van der Waals surface area contributed by atoms with Crippen LogP contribution in [0.5, 0.6) is 0 Å². The number of hydrogen-bond donors (Lipinski definition) is 1. The van der Waals surface area contributed by atoms with Crippen LogP contribution in [-0.2, 0) is 14.2 Å². The second-order valence-electron chi connectivity index (χ2n) is 5.87. The highest BCUT2D eigenvalue weighted by atomic mass is 16.5. The van der Waals surface area contributed by atoms with Crippen LogP contribution in [0, 0.1) is 0 Å². The maximum Gasteiger partial charge on any atom is 0.0704 e. The number of rotatable bonds is 12. The summed E-state index contributed by atoms with van der Waals surface area (Å²) in [6, 6.07) is 0. The first-order valence-corrected chi connectivity index (χ1v) is 7.43. The minimum absolute atomic E-state index is 0.145. The van der Waals surface area contributed by atoms with E-state index in [1.165, 1.54) is 0 Å². The zero-order valence-electron chi connectivity index (χ0n) is 13.5. The highest BCUT2D eigenvalue weighted by Gasteiger charge is 2.13. The summed E-state index contributed by atoms with van der Waals surface area (Å²) >= 11 is 0. The fraction of sp³-hybridized carbons (Fsp3) is 1.00. The molecule has 0 aromatic carbocycles. The topological polar surface area (TPSA) is 39.7 Å². The molecule has 0 aliphatic rings. The summed E-state index contributed by atoms with van der Waals surface area (Å²) in [5, 5.41) is 3.49. The summed E-state index contributed by atoms with van der Waals surface area (Å²) in [5.74, 6) is 0. The van der Waals surface area contributed by atoms with Gasteiger partial charge >= 0.3 is 0 Å². The van der Waals surface area contributed by atoms with Crippen LogP contribution in [0.25, 0.3) is 0 Å². The molecule has 0 aliphatic carbocycles. The lowest BCUT2D eigenvalue weighted by Gasteiger charge is -2.25. The van der Waals surface area contributed by atoms with Crippen molar-refractivity contribution in [1.29, 1.82) is 0 Å². The van der Waals surface area contributed by atoms with Gasteiger partial charge in [0.2, 0.25) is 0 Å². The third-order valence-electron chi connectivity index (χ3n) is 2.69. The molecule has 0 heterocycles. The maximum atomic E-state index is 5.87. The molecule has 0 saturated heterocycles. The van der Waals surface area contributed by atoms with Gasteiger partial charge in [0.15, 0.2) is 0 Å². The number of ether oxygens (including phenoxy) is 3. The van der Waals surface area contributed by atoms with E-state index in [-0.39, 0.29) is 11.6 Å². The van der Waals surface area contributed by atoms with Crippen molar-refractivity contribution < 1.29 is 14.2 Å². The van der Waals surface area contributed by atoms with Crippen LogP contribution in [0.3, 0.4) is 0 Å². The van der Waals surface area contributed by atoms with Crippen LogP contribution >= 0.6 is 0 Å². The van der Waals surface area contributed by atoms with Crippen LogP contribution in [0.4, 0.5) is 0 Å². The van der Waals surface area contributed by atoms with E-state index < -0.39 is 0 Å². The van der Waals surface area contributed by atoms with Crippen LogP contribution in [0.1, 0.15) is 47.0 Å². The molecule has 1 atom stereocenters. The van der Waals surface area contributed by atoms with Gasteiger partial charge in [-0.25, -0.2) is 0 Å². The molecule has 116 valence electrons. The fourth-order valence-electron chi connectivity index (χ4n) is 1.67. The van der Waals surface area contributed by atoms with E-state index >= 15 is 0 Å². The van der Waals surface area contributed by atoms with Gasteiger partial charge in [0.05, 0.1) is 19.3 Å². The van der Waals surface area contributed by atoms with Gasteiger partial charge in [0, 0.05) is 32.4 Å². The van der Waals surface area contributed by atoms with Gasteiger partial charge in [-0.1, -0.05) is 13.3 Å². The lowest BCUT2D eigenvalue weighted by atomic mass is 10.1. The Balaban J connectivity index is 3.59. The van der Waals surface area contributed by atoms with E-state index in [2.05, 4.69) is 33.0 Å². The molecule has 19 heavy (non-hydrogen) atoms. The van der Waals surface area contributed by atoms with E-state index in [9.17, 15) is 0 Å². The summed E-state index contributed by atoms with van der Waals surface area (Å²) in [4.78, 5) is 0. The largest absolute Gasteiger partial charge is 0.385 e. The number of nitrogens with one attached hydrogen (secondary N) is 1. The van der Waals surface area contributed by atoms with Gasteiger partial charge in [-0.2, -0.15) is 0 Å². The van der Waals surface area contributed by atoms with Gasteiger partial charge in [-0.05, 0) is 33.6 Å². The standard InChI is InChI=1S/C15H33NO3/c1-6-8-14(13-16-15(2,3)4)19-12-11-18-10-7-9-17-5/h14,16H,6-13H2,1-5H3. The molecule has 0 aromatic rings. The van der Waals surface area contributed by atoms with Crippen molar-refractivity contribution in [3.8, 4) is 0 Å². The lowest BCUT2D eigenvalue weighted by molar-refractivity contribution is -0.00349. The third kappa shape index (κ3) is 14.1. The fourth-order valence-corrected chi connectivity index (χ4v) is 1.67. The molecule has 4 heteroatoms. The van der Waals surface area contributed by atoms with Gasteiger partial charge in [-0.3, -0.25) is 0 Å². The van der Waals surface area contributed by atoms with Crippen LogP contribution in [-0.4, -0.2) is 51.7 Å². The molecule has 1 unspecified atom stereocenters. The molecular formula is C15H33NO3. The summed E-state index contributed by atoms with van der Waals surface area (Å²) in [6.45, 7) is 12.5. The molecule has 4 nitrogen and oxygen atoms in total. The van der Waals surface area contributed by atoms with Crippen LogP contribution < -0.4 is 5.32 Å². The van der Waals surface area contributed by atoms with Gasteiger partial charge in [0.1, 0.15) is 0 Å². The molecule has 0 aromatic heterocycles. The number of hydrogen-bond acceptors (Lipinski definition) is 4. The smallest absolute Gasteiger partial charge is 0.0704 e. The number of methoxy groups -OCH3 is 1. The molecule has 0 spiro atoms. The molecule has 0 fully saturated rings. The Hall–Kier alpha value is -0.160. The zero-order chi connectivity index (χ0) is 14.6. The van der Waals surface area contributed by atoms with Gasteiger partial charge in [-0.15, -0.1) is 0 Å². The lowest BCUT2D eigenvalue weighted by Crippen LogP contribution is -2.41. The van der Waals surface area contributed by atoms with Crippen molar-refractivity contribution in [1.82, 2.24) is 5.32 Å². The summed E-state index contributed by atoms with van der Waals surface area (Å²) in [6.07, 6.45) is 3.46. The second-order valence-corrected chi connectivity index (χ2v) is 5.87. The van der Waals surface area contributed by atoms with Crippen molar-refractivity contribution in [2.24, 2.45) is 0 Å². The molecule has 1 N–H and O–H groups in total. The van der Waals surface area contributed by atoms with Gasteiger partial charge in [0.25, 0.3) is 0 Å². The molecular weight excluding hydrogens is 242 g/mol. The van der Waals surface area contributed by atoms with Crippen molar-refractivity contribution in [3.05, 3.63) is 0 Å². The molecule has 0 saturated carbocycles. The quantitative estimate of drug-likeness (QED) is 0.556. The van der Waals surface area contributed by atoms with Crippen molar-refractivity contribution in [2.45, 2.75) is 58.6 Å². The molecule has 0 bridgehead atoms. The Morgan fingerprint density at radius 1 is 1.05 bits per heavy atom. The Morgan fingerprint density at radius 3 is 2.37 bits per heavy atom. The van der Waals surface area contributed by atoms with E-state index in [4.69, 9.17) is 14.2 Å². The summed E-state index contributed by atoms with van der Waals surface area (Å²) in [5.41, 5.74) is 0.145. The highest BCUT2D eigenvalue weighted by Crippen LogP contribution is 2.05. The van der Waals surface area contributed by atoms with Crippen molar-refractivity contribution >= 4 is 0 Å². The first-order chi connectivity index (χ1) is 8.99. The van der Waals surface area contributed by atoms with Crippen molar-refractivity contribution in [3.63, 3.8) is 0 Å². The molecule has 0 amide bonds. The van der Waals surface area contributed by atoms with E-state index in [1.807, 2.05) is 0 Å². The summed E-state index contributed by atoms with van der Waals surface area (Å²) in [7, 11) is 1.71. The average Bonchev–Trinajstić information content (AvgIpc) is 2.33. The first-order valence-electron chi connectivity index (χ1n) is 7.43. The van der Waals surface area contributed by atoms with E-state index in [1.54, 1.807) is 7.11 Å². The maximum absolute atomic E-state index is 5.87. The molecule has 0 rings (SSSR count). The highest BCUT2D eigenvalue weighted by molar-refractivity contribution is 4.73. The van der Waals surface area contributed by atoms with E-state index in [0.717, 1.165) is 39.0 Å². The van der Waals surface area contributed by atoms with Crippen molar-refractivity contribution in [2.75, 3.05) is 40.1 Å². The molecule has 0 aliphatic heterocycles. The Morgan fingerprint density at radius 2 is 1.79 bits per heavy atom. The monoisotopic (exact) mass is 275 g/mol.